The number of nitrogens with one attached hydrogen (secondary N) is 2. The van der Waals surface area contributed by atoms with Crippen LogP contribution in [0.1, 0.15) is 22.8 Å². The summed E-state index contributed by atoms with van der Waals surface area (Å²) in [5, 5.41) is 23.9. The lowest BCUT2D eigenvalue weighted by molar-refractivity contribution is -0.385. The Balaban J connectivity index is 1.48. The van der Waals surface area contributed by atoms with E-state index < -0.39 is 9.85 Å². The Labute approximate surface area is 306 Å². The molecule has 0 unspecified atom stereocenters. The van der Waals surface area contributed by atoms with E-state index in [0.717, 1.165) is 33.3 Å². The fraction of sp³-hybridized carbons (Fsp3) is 0. The van der Waals surface area contributed by atoms with E-state index in [4.69, 9.17) is 9.97 Å². The lowest BCUT2D eigenvalue weighted by Crippen LogP contribution is -1.92. The van der Waals surface area contributed by atoms with Crippen molar-refractivity contribution in [1.82, 2.24) is 29.9 Å². The smallest absolute Gasteiger partial charge is 0.270 e. The maximum absolute atomic E-state index is 11.9. The number of hydrogen-bond acceptors (Lipinski definition) is 8. The monoisotopic (exact) mass is 706 g/mol. The molecule has 2 N–H and O–H groups in total. The van der Waals surface area contributed by atoms with E-state index in [1.807, 2.05) is 85.0 Å². The number of aromatic amines is 2. The van der Waals surface area contributed by atoms with Gasteiger partial charge in [-0.2, -0.15) is 0 Å². The number of benzene rings is 2. The molecular weight excluding hydrogens is 681 g/mol. The molecule has 12 nitrogen and oxygen atoms in total. The molecule has 8 bridgehead atoms. The van der Waals surface area contributed by atoms with Crippen LogP contribution in [0.3, 0.4) is 0 Å². The molecule has 2 aromatic carbocycles. The summed E-state index contributed by atoms with van der Waals surface area (Å²) in [6.45, 7) is 0. The van der Waals surface area contributed by atoms with E-state index >= 15 is 0 Å². The van der Waals surface area contributed by atoms with E-state index in [1.54, 1.807) is 36.9 Å². The average Bonchev–Trinajstić information content (AvgIpc) is 4.04. The van der Waals surface area contributed by atoms with Gasteiger partial charge < -0.3 is 9.97 Å². The third-order valence-electron chi connectivity index (χ3n) is 9.38. The SMILES string of the molecule is O=[N+]([O-])c1cccc(-c2c3nc(c(-c4cccc([N+](=O)[O-])c4)c4ccc([nH]4)c(-c4ccncc4)c4nc(c(-c5ccncc5)c5ccc2[nH]5)C=C4)C=C3)c1. The van der Waals surface area contributed by atoms with Crippen molar-refractivity contribution >= 4 is 57.7 Å². The Morgan fingerprint density at radius 3 is 1.09 bits per heavy atom. The van der Waals surface area contributed by atoms with Crippen LogP contribution in [-0.4, -0.2) is 39.8 Å². The zero-order chi connectivity index (χ0) is 36.8. The van der Waals surface area contributed by atoms with Crippen molar-refractivity contribution in [2.24, 2.45) is 0 Å². The van der Waals surface area contributed by atoms with Gasteiger partial charge in [0, 0.05) is 93.4 Å². The number of pyridine rings is 2. The van der Waals surface area contributed by atoms with Crippen LogP contribution >= 0.6 is 0 Å². The van der Waals surface area contributed by atoms with Crippen LogP contribution in [0.15, 0.2) is 122 Å². The van der Waals surface area contributed by atoms with Gasteiger partial charge in [-0.25, -0.2) is 9.97 Å². The molecule has 2 aliphatic rings. The van der Waals surface area contributed by atoms with Gasteiger partial charge in [0.05, 0.1) is 32.6 Å². The molecule has 0 saturated carbocycles. The van der Waals surface area contributed by atoms with Crippen LogP contribution in [0.4, 0.5) is 11.4 Å². The van der Waals surface area contributed by atoms with Crippen LogP contribution in [-0.2, 0) is 0 Å². The molecule has 0 saturated heterocycles. The van der Waals surface area contributed by atoms with Gasteiger partial charge in [0.2, 0.25) is 0 Å². The van der Waals surface area contributed by atoms with Gasteiger partial charge in [-0.1, -0.05) is 24.3 Å². The Morgan fingerprint density at radius 2 is 0.759 bits per heavy atom. The maximum atomic E-state index is 11.9. The first-order valence-electron chi connectivity index (χ1n) is 16.9. The number of fused-ring (bicyclic) bond motifs is 8. The fourth-order valence-corrected chi connectivity index (χ4v) is 7.01. The third-order valence-corrected chi connectivity index (χ3v) is 9.38. The van der Waals surface area contributed by atoms with Crippen molar-refractivity contribution in [2.45, 2.75) is 0 Å². The van der Waals surface area contributed by atoms with Crippen molar-refractivity contribution in [1.29, 1.82) is 0 Å². The van der Waals surface area contributed by atoms with Gasteiger partial charge in [0.15, 0.2) is 0 Å². The molecule has 0 aliphatic carbocycles. The van der Waals surface area contributed by atoms with E-state index in [2.05, 4.69) is 19.9 Å². The Hall–Kier alpha value is -7.86. The van der Waals surface area contributed by atoms with Crippen LogP contribution in [0.2, 0.25) is 0 Å². The number of nitro benzene ring substituents is 2. The summed E-state index contributed by atoms with van der Waals surface area (Å²) in [5.41, 5.74) is 11.1. The molecule has 0 radical (unpaired) electrons. The first-order valence-corrected chi connectivity index (χ1v) is 16.9. The number of rotatable bonds is 6. The number of aromatic nitrogens is 6. The third kappa shape index (κ3) is 5.69. The molecule has 54 heavy (non-hydrogen) atoms. The summed E-state index contributed by atoms with van der Waals surface area (Å²) < 4.78 is 0. The molecule has 0 amide bonds. The lowest BCUT2D eigenvalue weighted by atomic mass is 10.0. The zero-order valence-corrected chi connectivity index (χ0v) is 28.2. The van der Waals surface area contributed by atoms with E-state index in [0.29, 0.717) is 56.1 Å². The maximum Gasteiger partial charge on any atom is 0.270 e. The van der Waals surface area contributed by atoms with E-state index in [-0.39, 0.29) is 11.4 Å². The quantitative estimate of drug-likeness (QED) is 0.127. The van der Waals surface area contributed by atoms with Crippen molar-refractivity contribution in [3.05, 3.63) is 165 Å². The molecule has 2 aliphatic heterocycles. The fourth-order valence-electron chi connectivity index (χ4n) is 7.01. The predicted molar refractivity (Wildman–Crippen MR) is 210 cm³/mol. The largest absolute Gasteiger partial charge is 0.354 e. The Bertz CT molecular complexity index is 2700. The van der Waals surface area contributed by atoms with Crippen molar-refractivity contribution in [3.8, 4) is 44.5 Å². The number of non-ortho nitro benzene ring substituents is 2. The van der Waals surface area contributed by atoms with Crippen LogP contribution < -0.4 is 0 Å². The number of nitro groups is 2. The van der Waals surface area contributed by atoms with Gasteiger partial charge in [-0.15, -0.1) is 0 Å². The van der Waals surface area contributed by atoms with Gasteiger partial charge in [0.25, 0.3) is 11.4 Å². The molecule has 5 aromatic heterocycles. The van der Waals surface area contributed by atoms with Crippen molar-refractivity contribution in [2.75, 3.05) is 0 Å². The van der Waals surface area contributed by atoms with E-state index in [1.165, 1.54) is 24.3 Å². The summed E-state index contributed by atoms with van der Waals surface area (Å²) in [4.78, 5) is 49.1. The second-order valence-corrected chi connectivity index (χ2v) is 12.6. The van der Waals surface area contributed by atoms with Crippen LogP contribution in [0, 0.1) is 20.2 Å². The summed E-state index contributed by atoms with van der Waals surface area (Å²) >= 11 is 0. The van der Waals surface area contributed by atoms with Crippen molar-refractivity contribution in [3.63, 3.8) is 0 Å². The molecule has 258 valence electrons. The van der Waals surface area contributed by atoms with Crippen LogP contribution in [0.5, 0.6) is 0 Å². The highest BCUT2D eigenvalue weighted by atomic mass is 16.6. The summed E-state index contributed by atoms with van der Waals surface area (Å²) in [5.74, 6) is 0. The molecule has 0 atom stereocenters. The Kier molecular flexibility index (Phi) is 7.74. The highest BCUT2D eigenvalue weighted by molar-refractivity contribution is 6.00. The molecule has 0 fully saturated rings. The second-order valence-electron chi connectivity index (χ2n) is 12.6. The van der Waals surface area contributed by atoms with Gasteiger partial charge >= 0.3 is 0 Å². The molecule has 0 spiro atoms. The lowest BCUT2D eigenvalue weighted by Gasteiger charge is -2.07. The van der Waals surface area contributed by atoms with Gasteiger partial charge in [-0.3, -0.25) is 30.2 Å². The predicted octanol–water partition coefficient (Wildman–Crippen LogP) is 9.93. The van der Waals surface area contributed by atoms with Gasteiger partial charge in [-0.05, 0) is 95.1 Å². The number of H-pyrrole nitrogens is 2. The molecule has 12 heteroatoms. The number of hydrogen-bond donors (Lipinski definition) is 2. The average molecular weight is 707 g/mol. The standard InChI is InChI=1S/C42H26N8O4/c51-49(52)29-5-1-3-27(23-29)41-35-11-9-33(46-35)39(25-15-19-43-20-16-25)31-7-8-32(45-31)40(26-17-21-44-22-18-26)34-10-12-36(47-34)42(38-14-13-37(41)48-38)28-4-2-6-30(24-28)50(53)54/h1-24,46-47H. The molecular formula is C42H26N8O4. The zero-order valence-electron chi connectivity index (χ0n) is 28.2. The summed E-state index contributed by atoms with van der Waals surface area (Å²) in [7, 11) is 0. The number of nitrogens with zero attached hydrogens (tertiary/aromatic N) is 6. The van der Waals surface area contributed by atoms with Gasteiger partial charge in [0.1, 0.15) is 0 Å². The summed E-state index contributed by atoms with van der Waals surface area (Å²) in [6.07, 6.45) is 14.6. The second kappa shape index (κ2) is 13.0. The van der Waals surface area contributed by atoms with Crippen LogP contribution in [0.25, 0.3) is 90.9 Å². The first-order chi connectivity index (χ1) is 26.4. The topological polar surface area (TPSA) is 169 Å². The normalized spacial score (nSPS) is 11.9. The highest BCUT2D eigenvalue weighted by Gasteiger charge is 2.20. The Morgan fingerprint density at radius 1 is 0.426 bits per heavy atom. The minimum atomic E-state index is -0.425. The highest BCUT2D eigenvalue weighted by Crippen LogP contribution is 2.39. The molecule has 7 aromatic rings. The summed E-state index contributed by atoms with van der Waals surface area (Å²) in [6, 6.07) is 28.4. The minimum absolute atomic E-state index is 0.0627. The minimum Gasteiger partial charge on any atom is -0.354 e. The van der Waals surface area contributed by atoms with Crippen molar-refractivity contribution < 1.29 is 9.85 Å². The first kappa shape index (κ1) is 32.1. The molecule has 7 heterocycles. The van der Waals surface area contributed by atoms with E-state index in [9.17, 15) is 20.2 Å². The molecule has 9 rings (SSSR count).